The highest BCUT2D eigenvalue weighted by molar-refractivity contribution is 6.22. The lowest BCUT2D eigenvalue weighted by atomic mass is 10.4. The number of nitrogens with zero attached hydrogens (tertiary/aromatic N) is 1. The second-order valence-corrected chi connectivity index (χ2v) is 2.54. The fraction of sp³-hybridized carbons (Fsp3) is 0.444. The Morgan fingerprint density at radius 1 is 1.38 bits per heavy atom. The fourth-order valence-corrected chi connectivity index (χ4v) is 0.597. The van der Waals surface area contributed by atoms with Gasteiger partial charge in [-0.2, -0.15) is 0 Å². The van der Waals surface area contributed by atoms with Gasteiger partial charge < -0.3 is 19.4 Å². The van der Waals surface area contributed by atoms with Gasteiger partial charge in [-0.1, -0.05) is 11.7 Å². The van der Waals surface area contributed by atoms with E-state index in [1.807, 2.05) is 0 Å². The molecule has 0 aromatic carbocycles. The lowest BCUT2D eigenvalue weighted by Gasteiger charge is -2.09. The quantitative estimate of drug-likeness (QED) is 0.268. The summed E-state index contributed by atoms with van der Waals surface area (Å²) in [4.78, 5) is 25.7. The first kappa shape index (κ1) is 14.1. The Labute approximate surface area is 92.3 Å². The van der Waals surface area contributed by atoms with E-state index >= 15 is 0 Å². The second-order valence-electron chi connectivity index (χ2n) is 2.54. The largest absolute Gasteiger partial charge is 0.460 e. The van der Waals surface area contributed by atoms with Gasteiger partial charge in [0.25, 0.3) is 0 Å². The van der Waals surface area contributed by atoms with E-state index in [4.69, 9.17) is 0 Å². The van der Waals surface area contributed by atoms with Crippen molar-refractivity contribution in [3.05, 3.63) is 12.7 Å². The summed E-state index contributed by atoms with van der Waals surface area (Å²) in [5, 5.41) is 12.4. The van der Waals surface area contributed by atoms with Crippen LogP contribution in [0.25, 0.3) is 0 Å². The summed E-state index contributed by atoms with van der Waals surface area (Å²) in [6.45, 7) is 2.59. The van der Waals surface area contributed by atoms with Crippen molar-refractivity contribution >= 4 is 18.2 Å². The first-order valence-corrected chi connectivity index (χ1v) is 4.30. The van der Waals surface area contributed by atoms with Gasteiger partial charge in [-0.25, -0.2) is 9.59 Å². The van der Waals surface area contributed by atoms with Crippen molar-refractivity contribution in [1.82, 2.24) is 0 Å². The smallest absolute Gasteiger partial charge is 0.352 e. The third-order valence-corrected chi connectivity index (χ3v) is 1.27. The molecule has 1 N–H and O–H groups in total. The number of ether oxygens (including phenoxy) is 2. The summed E-state index contributed by atoms with van der Waals surface area (Å²) in [6.07, 6.45) is 0.677. The molecular formula is C9H13NO6. The normalized spacial score (nSPS) is 11.9. The van der Waals surface area contributed by atoms with Crippen molar-refractivity contribution in [2.45, 2.75) is 6.10 Å². The average Bonchev–Trinajstić information content (AvgIpc) is 2.30. The molecule has 0 radical (unpaired) electrons. The number of rotatable bonds is 7. The molecule has 1 unspecified atom stereocenters. The van der Waals surface area contributed by atoms with Crippen LogP contribution in [0.4, 0.5) is 0 Å². The van der Waals surface area contributed by atoms with Crippen LogP contribution in [0.2, 0.25) is 0 Å². The van der Waals surface area contributed by atoms with Gasteiger partial charge in [0.2, 0.25) is 0 Å². The highest BCUT2D eigenvalue weighted by atomic mass is 16.6. The minimum Gasteiger partial charge on any atom is -0.460 e. The summed E-state index contributed by atoms with van der Waals surface area (Å²) in [5.74, 6) is -1.43. The van der Waals surface area contributed by atoms with E-state index in [0.717, 1.165) is 12.3 Å². The number of aliphatic hydroxyl groups is 1. The van der Waals surface area contributed by atoms with E-state index in [0.29, 0.717) is 0 Å². The highest BCUT2D eigenvalue weighted by Gasteiger charge is 2.09. The van der Waals surface area contributed by atoms with Crippen LogP contribution in [0.1, 0.15) is 0 Å². The number of hydrogen-bond acceptors (Lipinski definition) is 7. The zero-order chi connectivity index (χ0) is 12.4. The lowest BCUT2D eigenvalue weighted by molar-refractivity contribution is -0.145. The Bertz CT molecular complexity index is 275. The number of carbonyl (C=O) groups is 2. The van der Waals surface area contributed by atoms with E-state index < -0.39 is 18.0 Å². The molecule has 0 spiro atoms. The van der Waals surface area contributed by atoms with E-state index in [1.165, 1.54) is 7.11 Å². The van der Waals surface area contributed by atoms with Crippen LogP contribution in [0, 0.1) is 0 Å². The average molecular weight is 231 g/mol. The van der Waals surface area contributed by atoms with Crippen LogP contribution in [-0.2, 0) is 23.9 Å². The molecule has 0 rings (SSSR count). The van der Waals surface area contributed by atoms with Crippen molar-refractivity contribution < 1.29 is 29.0 Å². The van der Waals surface area contributed by atoms with Gasteiger partial charge in [0.1, 0.15) is 26.4 Å². The summed E-state index contributed by atoms with van der Waals surface area (Å²) in [5.41, 5.74) is 0. The van der Waals surface area contributed by atoms with Gasteiger partial charge in [-0.15, -0.1) is 0 Å². The Morgan fingerprint density at radius 3 is 2.44 bits per heavy atom. The molecule has 0 aliphatic rings. The zero-order valence-corrected chi connectivity index (χ0v) is 8.79. The van der Waals surface area contributed by atoms with Gasteiger partial charge in [-0.3, -0.25) is 0 Å². The third kappa shape index (κ3) is 7.51. The molecule has 0 aromatic rings. The van der Waals surface area contributed by atoms with Gasteiger partial charge in [0, 0.05) is 6.08 Å². The van der Waals surface area contributed by atoms with Crippen molar-refractivity contribution in [2.24, 2.45) is 5.16 Å². The molecule has 0 aliphatic carbocycles. The van der Waals surface area contributed by atoms with E-state index in [1.54, 1.807) is 0 Å². The standard InChI is InChI=1S/C9H13NO6/c1-3-8(12)15-5-7(11)6-16-9(13)4-10-14-2/h3-4,7,11H,1,5-6H2,2H3/b10-4+. The van der Waals surface area contributed by atoms with Gasteiger partial charge in [0.05, 0.1) is 0 Å². The van der Waals surface area contributed by atoms with Crippen LogP contribution in [0.3, 0.4) is 0 Å². The topological polar surface area (TPSA) is 94.4 Å². The van der Waals surface area contributed by atoms with Gasteiger partial charge >= 0.3 is 11.9 Å². The Hall–Kier alpha value is -1.89. The molecule has 0 bridgehead atoms. The monoisotopic (exact) mass is 231 g/mol. The third-order valence-electron chi connectivity index (χ3n) is 1.27. The van der Waals surface area contributed by atoms with Crippen LogP contribution in [0.5, 0.6) is 0 Å². The molecule has 0 saturated heterocycles. The number of oxime groups is 1. The van der Waals surface area contributed by atoms with Crippen LogP contribution in [-0.4, -0.2) is 49.7 Å². The molecular weight excluding hydrogens is 218 g/mol. The molecule has 0 amide bonds. The number of carbonyl (C=O) groups excluding carboxylic acids is 2. The first-order valence-electron chi connectivity index (χ1n) is 4.30. The molecule has 0 aromatic heterocycles. The lowest BCUT2D eigenvalue weighted by Crippen LogP contribution is -2.25. The summed E-state index contributed by atoms with van der Waals surface area (Å²) >= 11 is 0. The Morgan fingerprint density at radius 2 is 1.94 bits per heavy atom. The first-order chi connectivity index (χ1) is 7.60. The van der Waals surface area contributed by atoms with Gasteiger partial charge in [-0.05, 0) is 0 Å². The molecule has 7 heteroatoms. The molecule has 7 nitrogen and oxygen atoms in total. The molecule has 16 heavy (non-hydrogen) atoms. The minimum absolute atomic E-state index is 0.278. The maximum Gasteiger partial charge on any atom is 0.352 e. The highest BCUT2D eigenvalue weighted by Crippen LogP contribution is 1.89. The number of aliphatic hydroxyl groups excluding tert-OH is 1. The molecule has 90 valence electrons. The van der Waals surface area contributed by atoms with Crippen LogP contribution < -0.4 is 0 Å². The van der Waals surface area contributed by atoms with Crippen molar-refractivity contribution in [3.63, 3.8) is 0 Å². The summed E-state index contributed by atoms with van der Waals surface area (Å²) in [7, 11) is 1.27. The second kappa shape index (κ2) is 8.42. The fourth-order valence-electron chi connectivity index (χ4n) is 0.597. The Balaban J connectivity index is 3.68. The predicted octanol–water partition coefficient (Wildman–Crippen LogP) is -0.748. The summed E-state index contributed by atoms with van der Waals surface area (Å²) < 4.78 is 9.05. The molecule has 1 atom stereocenters. The minimum atomic E-state index is -1.09. The van der Waals surface area contributed by atoms with E-state index in [2.05, 4.69) is 26.0 Å². The maximum absolute atomic E-state index is 10.8. The number of esters is 2. The van der Waals surface area contributed by atoms with Crippen molar-refractivity contribution in [3.8, 4) is 0 Å². The van der Waals surface area contributed by atoms with E-state index in [-0.39, 0.29) is 13.2 Å². The van der Waals surface area contributed by atoms with Crippen molar-refractivity contribution in [2.75, 3.05) is 20.3 Å². The molecule has 0 aliphatic heterocycles. The van der Waals surface area contributed by atoms with Crippen molar-refractivity contribution in [1.29, 1.82) is 0 Å². The predicted molar refractivity (Wildman–Crippen MR) is 53.6 cm³/mol. The number of hydrogen-bond donors (Lipinski definition) is 1. The van der Waals surface area contributed by atoms with Gasteiger partial charge in [0.15, 0.2) is 6.21 Å². The van der Waals surface area contributed by atoms with E-state index in [9.17, 15) is 14.7 Å². The molecule has 0 heterocycles. The summed E-state index contributed by atoms with van der Waals surface area (Å²) in [6, 6.07) is 0. The van der Waals surface area contributed by atoms with Crippen LogP contribution in [0.15, 0.2) is 17.8 Å². The Kier molecular flexibility index (Phi) is 7.43. The maximum atomic E-state index is 10.8. The molecule has 0 saturated carbocycles. The zero-order valence-electron chi connectivity index (χ0n) is 8.79. The molecule has 0 fully saturated rings. The van der Waals surface area contributed by atoms with Crippen LogP contribution >= 0.6 is 0 Å². The SMILES string of the molecule is C=CC(=O)OCC(O)COC(=O)/C=N/OC.